The second-order valence-corrected chi connectivity index (χ2v) is 5.94. The van der Waals surface area contributed by atoms with Crippen molar-refractivity contribution < 1.29 is 0 Å². The molecule has 1 aliphatic carbocycles. The summed E-state index contributed by atoms with van der Waals surface area (Å²) in [5.41, 5.74) is 1.17. The van der Waals surface area contributed by atoms with Gasteiger partial charge in [0.2, 0.25) is 0 Å². The van der Waals surface area contributed by atoms with Crippen LogP contribution in [0.15, 0.2) is 34.9 Å². The first kappa shape index (κ1) is 12.9. The molecule has 1 saturated carbocycles. The molecule has 0 spiro atoms. The molecule has 0 saturated heterocycles. The summed E-state index contributed by atoms with van der Waals surface area (Å²) >= 11 is 9.30. The Labute approximate surface area is 125 Å². The monoisotopic (exact) mass is 337 g/mol. The molecule has 0 bridgehead atoms. The smallest absolute Gasteiger partial charge is 0.135 e. The van der Waals surface area contributed by atoms with Crippen LogP contribution < -0.4 is 5.32 Å². The van der Waals surface area contributed by atoms with E-state index in [0.29, 0.717) is 5.92 Å². The number of benzene rings is 1. The van der Waals surface area contributed by atoms with Gasteiger partial charge in [0.15, 0.2) is 0 Å². The molecule has 1 aromatic heterocycles. The van der Waals surface area contributed by atoms with Gasteiger partial charge in [0.1, 0.15) is 16.2 Å². The Kier molecular flexibility index (Phi) is 3.71. The van der Waals surface area contributed by atoms with Gasteiger partial charge in [-0.05, 0) is 46.5 Å². The molecule has 0 aliphatic heterocycles. The summed E-state index contributed by atoms with van der Waals surface area (Å²) in [5, 5.41) is 4.07. The fourth-order valence-electron chi connectivity index (χ4n) is 1.84. The number of aromatic nitrogens is 2. The average molecular weight is 339 g/mol. The first-order valence-electron chi connectivity index (χ1n) is 6.23. The predicted molar refractivity (Wildman–Crippen MR) is 80.5 cm³/mol. The van der Waals surface area contributed by atoms with E-state index < -0.39 is 0 Å². The Bertz CT molecular complexity index is 582. The van der Waals surface area contributed by atoms with Gasteiger partial charge in [-0.3, -0.25) is 0 Å². The van der Waals surface area contributed by atoms with Gasteiger partial charge in [0, 0.05) is 23.6 Å². The highest BCUT2D eigenvalue weighted by Gasteiger charge is 2.27. The maximum absolute atomic E-state index is 5.86. The highest BCUT2D eigenvalue weighted by atomic mass is 79.9. The van der Waals surface area contributed by atoms with E-state index in [0.717, 1.165) is 27.8 Å². The molecule has 0 radical (unpaired) electrons. The number of hydrogen-bond acceptors (Lipinski definition) is 3. The zero-order valence-corrected chi connectivity index (χ0v) is 12.6. The van der Waals surface area contributed by atoms with Crippen molar-refractivity contribution in [2.75, 3.05) is 5.32 Å². The highest BCUT2D eigenvalue weighted by molar-refractivity contribution is 9.10. The van der Waals surface area contributed by atoms with Crippen molar-refractivity contribution in [3.63, 3.8) is 0 Å². The Morgan fingerprint density at radius 2 is 1.95 bits per heavy atom. The molecular weight excluding hydrogens is 326 g/mol. The summed E-state index contributed by atoms with van der Waals surface area (Å²) in [6.45, 7) is 0.727. The first-order valence-corrected chi connectivity index (χ1v) is 7.40. The SMILES string of the molecule is Clc1ccc(CNc2cc(Br)nc(C3CC3)n2)cc1. The van der Waals surface area contributed by atoms with E-state index in [1.54, 1.807) is 0 Å². The van der Waals surface area contributed by atoms with Crippen LogP contribution in [0.2, 0.25) is 5.02 Å². The zero-order valence-electron chi connectivity index (χ0n) is 10.2. The van der Waals surface area contributed by atoms with E-state index in [1.165, 1.54) is 18.4 Å². The van der Waals surface area contributed by atoms with Gasteiger partial charge in [0.25, 0.3) is 0 Å². The highest BCUT2D eigenvalue weighted by Crippen LogP contribution is 2.38. The van der Waals surface area contributed by atoms with Crippen molar-refractivity contribution in [3.05, 3.63) is 51.3 Å². The summed E-state index contributed by atoms with van der Waals surface area (Å²) in [6.07, 6.45) is 2.40. The van der Waals surface area contributed by atoms with Crippen LogP contribution in [0.25, 0.3) is 0 Å². The van der Waals surface area contributed by atoms with Crippen molar-refractivity contribution in [2.45, 2.75) is 25.3 Å². The number of halogens is 2. The van der Waals surface area contributed by atoms with E-state index >= 15 is 0 Å². The Morgan fingerprint density at radius 1 is 1.21 bits per heavy atom. The van der Waals surface area contributed by atoms with Crippen LogP contribution >= 0.6 is 27.5 Å². The van der Waals surface area contributed by atoms with Crippen molar-refractivity contribution in [2.24, 2.45) is 0 Å². The first-order chi connectivity index (χ1) is 9.20. The minimum atomic E-state index is 0.550. The summed E-state index contributed by atoms with van der Waals surface area (Å²) in [4.78, 5) is 8.96. The quantitative estimate of drug-likeness (QED) is 0.841. The van der Waals surface area contributed by atoms with Gasteiger partial charge in [-0.15, -0.1) is 0 Å². The van der Waals surface area contributed by atoms with Crippen LogP contribution in [-0.2, 0) is 6.54 Å². The molecule has 0 amide bonds. The van der Waals surface area contributed by atoms with Gasteiger partial charge in [-0.1, -0.05) is 23.7 Å². The summed E-state index contributed by atoms with van der Waals surface area (Å²) in [7, 11) is 0. The van der Waals surface area contributed by atoms with E-state index in [1.807, 2.05) is 30.3 Å². The molecule has 3 rings (SSSR count). The lowest BCUT2D eigenvalue weighted by Crippen LogP contribution is -2.04. The number of anilines is 1. The van der Waals surface area contributed by atoms with E-state index in [-0.39, 0.29) is 0 Å². The molecule has 1 N–H and O–H groups in total. The molecule has 0 atom stereocenters. The molecule has 5 heteroatoms. The van der Waals surface area contributed by atoms with Crippen LogP contribution in [0.1, 0.15) is 30.1 Å². The third-order valence-corrected chi connectivity index (χ3v) is 3.70. The molecule has 1 aromatic carbocycles. The Balaban J connectivity index is 1.70. The Morgan fingerprint density at radius 3 is 2.63 bits per heavy atom. The molecule has 1 heterocycles. The fourth-order valence-corrected chi connectivity index (χ4v) is 2.37. The number of rotatable bonds is 4. The lowest BCUT2D eigenvalue weighted by atomic mass is 10.2. The third-order valence-electron chi connectivity index (χ3n) is 3.04. The van der Waals surface area contributed by atoms with Crippen LogP contribution in [0.3, 0.4) is 0 Å². The predicted octanol–water partition coefficient (Wildman–Crippen LogP) is 4.38. The molecule has 98 valence electrons. The fraction of sp³-hybridized carbons (Fsp3) is 0.286. The molecule has 2 aromatic rings. The van der Waals surface area contributed by atoms with Crippen molar-refractivity contribution in [1.29, 1.82) is 0 Å². The minimum absolute atomic E-state index is 0.550. The second-order valence-electron chi connectivity index (χ2n) is 4.69. The van der Waals surface area contributed by atoms with Gasteiger partial charge >= 0.3 is 0 Å². The van der Waals surface area contributed by atoms with Gasteiger partial charge in [-0.2, -0.15) is 0 Å². The van der Waals surface area contributed by atoms with E-state index in [2.05, 4.69) is 31.2 Å². The zero-order chi connectivity index (χ0) is 13.2. The molecule has 0 unspecified atom stereocenters. The lowest BCUT2D eigenvalue weighted by Gasteiger charge is -2.08. The lowest BCUT2D eigenvalue weighted by molar-refractivity contribution is 0.910. The van der Waals surface area contributed by atoms with Gasteiger partial charge < -0.3 is 5.32 Å². The maximum atomic E-state index is 5.86. The number of nitrogens with one attached hydrogen (secondary N) is 1. The minimum Gasteiger partial charge on any atom is -0.366 e. The van der Waals surface area contributed by atoms with Crippen LogP contribution in [-0.4, -0.2) is 9.97 Å². The standard InChI is InChI=1S/C14H13BrClN3/c15-12-7-13(19-14(18-12)10-3-4-10)17-8-9-1-5-11(16)6-2-9/h1-2,5-7,10H,3-4,8H2,(H,17,18,19). The maximum Gasteiger partial charge on any atom is 0.135 e. The van der Waals surface area contributed by atoms with E-state index in [4.69, 9.17) is 11.6 Å². The number of hydrogen-bond donors (Lipinski definition) is 1. The van der Waals surface area contributed by atoms with Gasteiger partial charge in [-0.25, -0.2) is 9.97 Å². The van der Waals surface area contributed by atoms with E-state index in [9.17, 15) is 0 Å². The molecule has 3 nitrogen and oxygen atoms in total. The number of nitrogens with zero attached hydrogens (tertiary/aromatic N) is 2. The van der Waals surface area contributed by atoms with Crippen molar-refractivity contribution in [3.8, 4) is 0 Å². The third kappa shape index (κ3) is 3.45. The normalized spacial score (nSPS) is 14.4. The summed E-state index contributed by atoms with van der Waals surface area (Å²) in [5.74, 6) is 2.35. The summed E-state index contributed by atoms with van der Waals surface area (Å²) in [6, 6.07) is 9.71. The molecule has 1 fully saturated rings. The second kappa shape index (κ2) is 5.47. The average Bonchev–Trinajstić information content (AvgIpc) is 3.22. The molecular formula is C14H13BrClN3. The topological polar surface area (TPSA) is 37.8 Å². The van der Waals surface area contributed by atoms with Crippen LogP contribution in [0, 0.1) is 0 Å². The molecule has 1 aliphatic rings. The molecule has 19 heavy (non-hydrogen) atoms. The Hall–Kier alpha value is -1.13. The van der Waals surface area contributed by atoms with Crippen LogP contribution in [0.4, 0.5) is 5.82 Å². The summed E-state index contributed by atoms with van der Waals surface area (Å²) < 4.78 is 0.836. The van der Waals surface area contributed by atoms with Crippen LogP contribution in [0.5, 0.6) is 0 Å². The van der Waals surface area contributed by atoms with Crippen molar-refractivity contribution in [1.82, 2.24) is 9.97 Å². The largest absolute Gasteiger partial charge is 0.366 e. The van der Waals surface area contributed by atoms with Crippen molar-refractivity contribution >= 4 is 33.3 Å². The van der Waals surface area contributed by atoms with Gasteiger partial charge in [0.05, 0.1) is 0 Å².